The maximum atomic E-state index is 12.6. The summed E-state index contributed by atoms with van der Waals surface area (Å²) in [5, 5.41) is 33.5. The first kappa shape index (κ1) is 27.6. The Kier molecular flexibility index (Phi) is 6.78. The van der Waals surface area contributed by atoms with Gasteiger partial charge in [0.15, 0.2) is 0 Å². The van der Waals surface area contributed by atoms with E-state index in [1.165, 1.54) is 11.1 Å². The molecule has 0 radical (unpaired) electrons. The molecule has 0 heterocycles. The molecule has 0 aromatic heterocycles. The lowest BCUT2D eigenvalue weighted by Crippen LogP contribution is -2.57. The Morgan fingerprint density at radius 1 is 1.14 bits per heavy atom. The maximum Gasteiger partial charge on any atom is 0.306 e. The summed E-state index contributed by atoms with van der Waals surface area (Å²) in [5.41, 5.74) is 2.71. The van der Waals surface area contributed by atoms with E-state index in [4.69, 9.17) is 0 Å². The fraction of sp³-hybridized carbons (Fsp3) is 0.781. The van der Waals surface area contributed by atoms with Gasteiger partial charge in [0.2, 0.25) is 0 Å². The van der Waals surface area contributed by atoms with Crippen molar-refractivity contribution >= 4 is 5.97 Å². The van der Waals surface area contributed by atoms with E-state index in [1.807, 2.05) is 0 Å². The van der Waals surface area contributed by atoms with Crippen LogP contribution in [-0.2, 0) is 4.79 Å². The number of carboxylic acids is 1. The summed E-state index contributed by atoms with van der Waals surface area (Å²) in [6, 6.07) is 0. The zero-order chi connectivity index (χ0) is 27.0. The lowest BCUT2D eigenvalue weighted by molar-refractivity contribution is -0.148. The smallest absolute Gasteiger partial charge is 0.306 e. The molecule has 2 saturated carbocycles. The van der Waals surface area contributed by atoms with Crippen molar-refractivity contribution < 1.29 is 20.1 Å². The summed E-state index contributed by atoms with van der Waals surface area (Å²) < 4.78 is 0. The Balaban J connectivity index is 1.76. The third-order valence-electron chi connectivity index (χ3n) is 12.1. The highest BCUT2D eigenvalue weighted by atomic mass is 16.4. The second-order valence-corrected chi connectivity index (χ2v) is 14.4. The van der Waals surface area contributed by atoms with Crippen LogP contribution in [0.2, 0.25) is 0 Å². The summed E-state index contributed by atoms with van der Waals surface area (Å²) in [6.07, 6.45) is 7.90. The number of aliphatic hydroxyl groups excluding tert-OH is 2. The number of hydrogen-bond donors (Lipinski definition) is 3. The first-order valence-corrected chi connectivity index (χ1v) is 14.2. The molecule has 2 fully saturated rings. The number of rotatable bonds is 6. The van der Waals surface area contributed by atoms with E-state index in [0.29, 0.717) is 31.1 Å². The molecule has 0 saturated heterocycles. The molecule has 4 nitrogen and oxygen atoms in total. The van der Waals surface area contributed by atoms with Crippen LogP contribution in [0, 0.1) is 51.2 Å². The minimum atomic E-state index is -0.816. The molecule has 0 aromatic rings. The van der Waals surface area contributed by atoms with Crippen molar-refractivity contribution in [1.29, 1.82) is 0 Å². The first-order chi connectivity index (χ1) is 16.5. The van der Waals surface area contributed by atoms with Crippen molar-refractivity contribution in [2.45, 2.75) is 106 Å². The van der Waals surface area contributed by atoms with E-state index in [-0.39, 0.29) is 28.1 Å². The summed E-state index contributed by atoms with van der Waals surface area (Å²) in [6.45, 7) is 22.1. The molecule has 0 aromatic carbocycles. The molecule has 0 amide bonds. The normalized spacial score (nSPS) is 44.1. The average Bonchev–Trinajstić information content (AvgIpc) is 2.97. The van der Waals surface area contributed by atoms with Crippen molar-refractivity contribution in [3.05, 3.63) is 35.5 Å². The molecule has 9 atom stereocenters. The van der Waals surface area contributed by atoms with E-state index in [0.717, 1.165) is 24.8 Å². The van der Waals surface area contributed by atoms with Gasteiger partial charge in [-0.05, 0) is 77.8 Å². The number of hydrogen-bond acceptors (Lipinski definition) is 3. The average molecular weight is 499 g/mol. The molecule has 3 N–H and O–H groups in total. The van der Waals surface area contributed by atoms with Crippen molar-refractivity contribution in [1.82, 2.24) is 0 Å². The molecule has 4 aliphatic carbocycles. The topological polar surface area (TPSA) is 77.8 Å². The SMILES string of the molecule is C=C(CC[C@@H](C(=O)O)[C@H]1[C@H](O)C[C@@]2(C)C3=C[C@H](O)[C@H]4C(C)(C)C(C)CC[C@]4(C)C3=CC[C@]12C)C(C)C. The molecule has 0 aliphatic heterocycles. The molecule has 4 heteroatoms. The number of fused-ring (bicyclic) bond motifs is 5. The van der Waals surface area contributed by atoms with Crippen molar-refractivity contribution in [3.63, 3.8) is 0 Å². The van der Waals surface area contributed by atoms with E-state index in [9.17, 15) is 20.1 Å². The predicted molar refractivity (Wildman–Crippen MR) is 145 cm³/mol. The largest absolute Gasteiger partial charge is 0.481 e. The Morgan fingerprint density at radius 3 is 2.36 bits per heavy atom. The summed E-state index contributed by atoms with van der Waals surface area (Å²) in [4.78, 5) is 12.6. The minimum Gasteiger partial charge on any atom is -0.481 e. The molecule has 4 rings (SSSR count). The van der Waals surface area contributed by atoms with Gasteiger partial charge in [0.25, 0.3) is 0 Å². The molecule has 36 heavy (non-hydrogen) atoms. The summed E-state index contributed by atoms with van der Waals surface area (Å²) >= 11 is 0. The van der Waals surface area contributed by atoms with Gasteiger partial charge >= 0.3 is 5.97 Å². The second kappa shape index (κ2) is 8.83. The first-order valence-electron chi connectivity index (χ1n) is 14.2. The number of carboxylic acid groups (broad SMARTS) is 1. The van der Waals surface area contributed by atoms with Gasteiger partial charge in [-0.15, -0.1) is 0 Å². The van der Waals surface area contributed by atoms with Gasteiger partial charge in [-0.1, -0.05) is 79.7 Å². The lowest BCUT2D eigenvalue weighted by atomic mass is 9.42. The third-order valence-corrected chi connectivity index (χ3v) is 12.1. The Morgan fingerprint density at radius 2 is 1.78 bits per heavy atom. The highest BCUT2D eigenvalue weighted by Gasteiger charge is 2.67. The number of aliphatic carboxylic acids is 1. The third kappa shape index (κ3) is 3.72. The predicted octanol–water partition coefficient (Wildman–Crippen LogP) is 6.78. The van der Waals surface area contributed by atoms with E-state index in [1.54, 1.807) is 0 Å². The molecular formula is C32H50O4. The quantitative estimate of drug-likeness (QED) is 0.353. The van der Waals surface area contributed by atoms with Crippen LogP contribution < -0.4 is 0 Å². The van der Waals surface area contributed by atoms with E-state index >= 15 is 0 Å². The second-order valence-electron chi connectivity index (χ2n) is 14.4. The van der Waals surface area contributed by atoms with Crippen LogP contribution in [0.1, 0.15) is 93.9 Å². The van der Waals surface area contributed by atoms with Gasteiger partial charge < -0.3 is 15.3 Å². The highest BCUT2D eigenvalue weighted by molar-refractivity contribution is 5.71. The van der Waals surface area contributed by atoms with Crippen LogP contribution in [-0.4, -0.2) is 33.5 Å². The van der Waals surface area contributed by atoms with Gasteiger partial charge in [-0.25, -0.2) is 0 Å². The molecular weight excluding hydrogens is 448 g/mol. The van der Waals surface area contributed by atoms with Gasteiger partial charge in [0, 0.05) is 17.3 Å². The van der Waals surface area contributed by atoms with Gasteiger partial charge in [-0.3, -0.25) is 4.79 Å². The van der Waals surface area contributed by atoms with Gasteiger partial charge in [-0.2, -0.15) is 0 Å². The van der Waals surface area contributed by atoms with Crippen LogP contribution in [0.4, 0.5) is 0 Å². The van der Waals surface area contributed by atoms with Gasteiger partial charge in [0.05, 0.1) is 18.1 Å². The van der Waals surface area contributed by atoms with E-state index in [2.05, 4.69) is 74.1 Å². The van der Waals surface area contributed by atoms with Crippen LogP contribution in [0.25, 0.3) is 0 Å². The fourth-order valence-electron chi connectivity index (χ4n) is 9.24. The Hall–Kier alpha value is -1.39. The van der Waals surface area contributed by atoms with Crippen molar-refractivity contribution in [3.8, 4) is 0 Å². The van der Waals surface area contributed by atoms with Gasteiger partial charge in [0.1, 0.15) is 0 Å². The zero-order valence-corrected chi connectivity index (χ0v) is 23.9. The van der Waals surface area contributed by atoms with Crippen LogP contribution in [0.3, 0.4) is 0 Å². The molecule has 1 unspecified atom stereocenters. The van der Waals surface area contributed by atoms with Crippen molar-refractivity contribution in [2.75, 3.05) is 0 Å². The molecule has 0 bridgehead atoms. The summed E-state index contributed by atoms with van der Waals surface area (Å²) in [5.74, 6) is -0.775. The minimum absolute atomic E-state index is 0.0158. The molecule has 4 aliphatic rings. The van der Waals surface area contributed by atoms with E-state index < -0.39 is 29.5 Å². The standard InChI is InChI=1S/C32H50O4/c1-18(2)19(3)10-11-21(28(35)36)26-25(34)17-32(9)23-16-24(33)27-29(5,6)20(4)12-14-30(27,7)22(23)13-15-31(26,32)8/h13,16,18,20-21,24-27,33-34H,3,10-12,14-15,17H2,1-2,4-9H3,(H,35,36)/t20?,21-,24+,25-,26+,27+,30-,31-,32+/m1/s1. The highest BCUT2D eigenvalue weighted by Crippen LogP contribution is 2.72. The lowest BCUT2D eigenvalue weighted by Gasteiger charge is -2.62. The number of aliphatic hydroxyl groups is 2. The molecule has 0 spiro atoms. The summed E-state index contributed by atoms with van der Waals surface area (Å²) in [7, 11) is 0. The molecule has 202 valence electrons. The Labute approximate surface area is 219 Å². The fourth-order valence-corrected chi connectivity index (χ4v) is 9.24. The van der Waals surface area contributed by atoms with Crippen LogP contribution in [0.15, 0.2) is 35.5 Å². The zero-order valence-electron chi connectivity index (χ0n) is 23.9. The van der Waals surface area contributed by atoms with Crippen LogP contribution in [0.5, 0.6) is 0 Å². The monoisotopic (exact) mass is 498 g/mol. The Bertz CT molecular complexity index is 988. The van der Waals surface area contributed by atoms with Crippen molar-refractivity contribution in [2.24, 2.45) is 51.2 Å². The number of carbonyl (C=O) groups is 1. The van der Waals surface area contributed by atoms with Crippen LogP contribution >= 0.6 is 0 Å². The number of allylic oxidation sites excluding steroid dienone is 4. The maximum absolute atomic E-state index is 12.6.